The average molecular weight is 545 g/mol. The van der Waals surface area contributed by atoms with Crippen LogP contribution in [0, 0.1) is 29.5 Å². The van der Waals surface area contributed by atoms with Crippen LogP contribution in [-0.2, 0) is 14.8 Å². The summed E-state index contributed by atoms with van der Waals surface area (Å²) in [5, 5.41) is 9.85. The normalized spacial score (nSPS) is 22.9. The zero-order chi connectivity index (χ0) is 27.3. The number of aliphatic hydroxyl groups is 1. The second-order valence-corrected chi connectivity index (χ2v) is 12.3. The average Bonchev–Trinajstić information content (AvgIpc) is 2.90. The maximum Gasteiger partial charge on any atom is 0.247 e. The van der Waals surface area contributed by atoms with Gasteiger partial charge in [0.05, 0.1) is 12.2 Å². The van der Waals surface area contributed by atoms with E-state index in [0.717, 1.165) is 32.6 Å². The molecule has 2 heterocycles. The summed E-state index contributed by atoms with van der Waals surface area (Å²) in [5.41, 5.74) is 0.781. The summed E-state index contributed by atoms with van der Waals surface area (Å²) < 4.78 is 54.7. The van der Waals surface area contributed by atoms with Crippen LogP contribution in [0.2, 0.25) is 0 Å². The van der Waals surface area contributed by atoms with Crippen LogP contribution in [0.15, 0.2) is 47.4 Å². The fraction of sp³-hybridized carbons (Fsp3) is 0.517. The van der Waals surface area contributed by atoms with E-state index in [1.807, 2.05) is 6.92 Å². The van der Waals surface area contributed by atoms with Crippen LogP contribution < -0.4 is 4.74 Å². The van der Waals surface area contributed by atoms with E-state index in [1.165, 1.54) is 16.4 Å². The van der Waals surface area contributed by atoms with Crippen molar-refractivity contribution in [3.63, 3.8) is 0 Å². The van der Waals surface area contributed by atoms with Crippen LogP contribution in [0.4, 0.5) is 4.39 Å². The second kappa shape index (κ2) is 12.6. The first-order chi connectivity index (χ1) is 18.2. The molecule has 0 unspecified atom stereocenters. The quantitative estimate of drug-likeness (QED) is 0.562. The monoisotopic (exact) mass is 544 g/mol. The Morgan fingerprint density at radius 2 is 1.89 bits per heavy atom. The Morgan fingerprint density at radius 1 is 1.16 bits per heavy atom. The van der Waals surface area contributed by atoms with Gasteiger partial charge in [-0.2, -0.15) is 4.31 Å². The second-order valence-electron chi connectivity index (χ2n) is 10.4. The van der Waals surface area contributed by atoms with Crippen molar-refractivity contribution in [1.82, 2.24) is 9.21 Å². The lowest BCUT2D eigenvalue weighted by Crippen LogP contribution is -2.50. The van der Waals surface area contributed by atoms with Gasteiger partial charge < -0.3 is 19.5 Å². The standard InChI is InChI=1S/C29H37FN2O5S/c1-21-17-32(22(2)20-33)38(34,35)29-11-9-23(8-10-25-6-4-5-7-26(25)30)16-27(29)37-28(21)19-31(3)18-24-12-14-36-15-13-24/h4-7,9,11,16,21-22,24,28,33H,12-15,17-20H2,1-3H3/t21-,22-,28-/m0/s1. The molecule has 0 radical (unpaired) electrons. The molecule has 2 aromatic carbocycles. The van der Waals surface area contributed by atoms with E-state index in [2.05, 4.69) is 23.8 Å². The maximum atomic E-state index is 14.1. The van der Waals surface area contributed by atoms with Gasteiger partial charge in [0, 0.05) is 50.4 Å². The Kier molecular flexibility index (Phi) is 9.45. The summed E-state index contributed by atoms with van der Waals surface area (Å²) in [4.78, 5) is 2.28. The van der Waals surface area contributed by atoms with Gasteiger partial charge in [-0.25, -0.2) is 12.8 Å². The highest BCUT2D eigenvalue weighted by molar-refractivity contribution is 7.89. The smallest absolute Gasteiger partial charge is 0.247 e. The molecule has 4 rings (SSSR count). The molecule has 0 saturated carbocycles. The van der Waals surface area contributed by atoms with E-state index in [0.29, 0.717) is 18.0 Å². The summed E-state index contributed by atoms with van der Waals surface area (Å²) in [6.45, 7) is 6.71. The number of aliphatic hydroxyl groups excluding tert-OH is 1. The first-order valence-corrected chi connectivity index (χ1v) is 14.6. The van der Waals surface area contributed by atoms with Gasteiger partial charge in [0.15, 0.2) is 0 Å². The van der Waals surface area contributed by atoms with Crippen LogP contribution in [0.25, 0.3) is 0 Å². The van der Waals surface area contributed by atoms with E-state index in [9.17, 15) is 17.9 Å². The Hall–Kier alpha value is -2.48. The third-order valence-electron chi connectivity index (χ3n) is 7.28. The molecule has 7 nitrogen and oxygen atoms in total. The van der Waals surface area contributed by atoms with E-state index in [-0.39, 0.29) is 41.4 Å². The number of benzene rings is 2. The zero-order valence-electron chi connectivity index (χ0n) is 22.3. The third-order valence-corrected chi connectivity index (χ3v) is 9.30. The molecule has 1 saturated heterocycles. The maximum absolute atomic E-state index is 14.1. The van der Waals surface area contributed by atoms with Crippen molar-refractivity contribution in [2.24, 2.45) is 11.8 Å². The van der Waals surface area contributed by atoms with Gasteiger partial charge in [0.1, 0.15) is 22.6 Å². The lowest BCUT2D eigenvalue weighted by Gasteiger charge is -2.38. The number of likely N-dealkylation sites (N-methyl/N-ethyl adjacent to an activating group) is 1. The first kappa shape index (κ1) is 28.5. The molecule has 0 aliphatic carbocycles. The topological polar surface area (TPSA) is 79.3 Å². The van der Waals surface area contributed by atoms with Gasteiger partial charge in [-0.15, -0.1) is 0 Å². The molecular weight excluding hydrogens is 507 g/mol. The van der Waals surface area contributed by atoms with E-state index >= 15 is 0 Å². The number of halogens is 1. The minimum absolute atomic E-state index is 0.0400. The van der Waals surface area contributed by atoms with E-state index in [1.54, 1.807) is 37.3 Å². The number of ether oxygens (including phenoxy) is 2. The minimum Gasteiger partial charge on any atom is -0.487 e. The Bertz CT molecular complexity index is 1270. The molecule has 0 aromatic heterocycles. The molecule has 0 bridgehead atoms. The Balaban J connectivity index is 1.67. The summed E-state index contributed by atoms with van der Waals surface area (Å²) in [6.07, 6.45) is 1.76. The van der Waals surface area contributed by atoms with E-state index in [4.69, 9.17) is 9.47 Å². The Labute approximate surface area is 225 Å². The number of sulfonamides is 1. The van der Waals surface area contributed by atoms with Crippen molar-refractivity contribution >= 4 is 10.0 Å². The van der Waals surface area contributed by atoms with Crippen LogP contribution >= 0.6 is 0 Å². The predicted molar refractivity (Wildman–Crippen MR) is 144 cm³/mol. The van der Waals surface area contributed by atoms with Gasteiger partial charge in [-0.3, -0.25) is 0 Å². The molecule has 3 atom stereocenters. The molecule has 2 aliphatic rings. The van der Waals surface area contributed by atoms with Crippen molar-refractivity contribution in [2.45, 2.75) is 43.7 Å². The highest BCUT2D eigenvalue weighted by atomic mass is 32.2. The van der Waals surface area contributed by atoms with Gasteiger partial charge in [-0.05, 0) is 63.1 Å². The largest absolute Gasteiger partial charge is 0.487 e. The number of rotatable bonds is 6. The number of hydrogen-bond donors (Lipinski definition) is 1. The van der Waals surface area contributed by atoms with Crippen molar-refractivity contribution < 1.29 is 27.4 Å². The highest BCUT2D eigenvalue weighted by Gasteiger charge is 2.38. The molecule has 1 N–H and O–H groups in total. The summed E-state index contributed by atoms with van der Waals surface area (Å²) in [7, 11) is -1.88. The van der Waals surface area contributed by atoms with Crippen molar-refractivity contribution in [2.75, 3.05) is 46.5 Å². The predicted octanol–water partition coefficient (Wildman–Crippen LogP) is 3.35. The fourth-order valence-corrected chi connectivity index (χ4v) is 6.80. The molecule has 206 valence electrons. The number of fused-ring (bicyclic) bond motifs is 1. The summed E-state index contributed by atoms with van der Waals surface area (Å²) >= 11 is 0. The lowest BCUT2D eigenvalue weighted by atomic mass is 9.98. The van der Waals surface area contributed by atoms with Crippen molar-refractivity contribution in [1.29, 1.82) is 0 Å². The fourth-order valence-electron chi connectivity index (χ4n) is 4.97. The molecule has 9 heteroatoms. The van der Waals surface area contributed by atoms with Gasteiger partial charge in [0.25, 0.3) is 0 Å². The highest BCUT2D eigenvalue weighted by Crippen LogP contribution is 2.34. The number of hydrogen-bond acceptors (Lipinski definition) is 6. The first-order valence-electron chi connectivity index (χ1n) is 13.1. The molecule has 2 aliphatic heterocycles. The molecule has 2 aromatic rings. The van der Waals surface area contributed by atoms with Crippen LogP contribution in [0.1, 0.15) is 37.8 Å². The molecule has 38 heavy (non-hydrogen) atoms. The molecular formula is C29H37FN2O5S. The van der Waals surface area contributed by atoms with Gasteiger partial charge in [-0.1, -0.05) is 30.9 Å². The van der Waals surface area contributed by atoms with Crippen LogP contribution in [0.3, 0.4) is 0 Å². The van der Waals surface area contributed by atoms with E-state index < -0.39 is 21.9 Å². The summed E-state index contributed by atoms with van der Waals surface area (Å²) in [5.74, 6) is 5.98. The zero-order valence-corrected chi connectivity index (χ0v) is 23.1. The van der Waals surface area contributed by atoms with Gasteiger partial charge >= 0.3 is 0 Å². The third kappa shape index (κ3) is 6.74. The van der Waals surface area contributed by atoms with Crippen molar-refractivity contribution in [3.05, 3.63) is 59.4 Å². The Morgan fingerprint density at radius 3 is 2.61 bits per heavy atom. The minimum atomic E-state index is -3.94. The van der Waals surface area contributed by atoms with Crippen LogP contribution in [0.5, 0.6) is 5.75 Å². The van der Waals surface area contributed by atoms with Crippen LogP contribution in [-0.4, -0.2) is 81.4 Å². The number of nitrogens with zero attached hydrogens (tertiary/aromatic N) is 2. The molecule has 0 spiro atoms. The van der Waals surface area contributed by atoms with Gasteiger partial charge in [0.2, 0.25) is 10.0 Å². The SMILES string of the molecule is C[C@H]1CN([C@@H](C)CO)S(=O)(=O)c2ccc(C#Cc3ccccc3F)cc2O[C@H]1CN(C)CC1CCOCC1. The molecule has 1 fully saturated rings. The molecule has 0 amide bonds. The van der Waals surface area contributed by atoms with Crippen molar-refractivity contribution in [3.8, 4) is 17.6 Å². The summed E-state index contributed by atoms with van der Waals surface area (Å²) in [6, 6.07) is 10.4. The lowest BCUT2D eigenvalue weighted by molar-refractivity contribution is 0.0402.